The predicted octanol–water partition coefficient (Wildman–Crippen LogP) is 6.79. The normalized spacial score (nSPS) is 11.8. The lowest BCUT2D eigenvalue weighted by molar-refractivity contribution is 0.628. The smallest absolute Gasteiger partial charge is 0.203 e. The minimum absolute atomic E-state index is 0.256. The van der Waals surface area contributed by atoms with Gasteiger partial charge in [-0.3, -0.25) is 5.43 Å². The van der Waals surface area contributed by atoms with Crippen molar-refractivity contribution in [1.82, 2.24) is 9.55 Å². The minimum atomic E-state index is -0.256. The molecule has 2 aromatic heterocycles. The number of benzene rings is 3. The van der Waals surface area contributed by atoms with E-state index in [4.69, 9.17) is 0 Å². The molecule has 2 heterocycles. The molecule has 0 aliphatic carbocycles. The zero-order chi connectivity index (χ0) is 21.9. The van der Waals surface area contributed by atoms with E-state index in [-0.39, 0.29) is 5.82 Å². The first-order valence-electron chi connectivity index (χ1n) is 10.3. The Labute approximate surface area is 189 Å². The molecule has 0 saturated heterocycles. The van der Waals surface area contributed by atoms with Gasteiger partial charge in [0.25, 0.3) is 0 Å². The second-order valence-corrected chi connectivity index (χ2v) is 8.39. The molecule has 5 rings (SSSR count). The highest BCUT2D eigenvalue weighted by Crippen LogP contribution is 2.26. The second kappa shape index (κ2) is 8.77. The van der Waals surface area contributed by atoms with Crippen molar-refractivity contribution in [3.8, 4) is 11.3 Å². The van der Waals surface area contributed by atoms with E-state index in [0.717, 1.165) is 34.5 Å². The number of fused-ring (bicyclic) bond motifs is 1. The standard InChI is InChI=1S/C26H21FN4S/c1-18(29-30-26-28-24(17-32-26)20-11-13-21(27)14-12-20)23-16-31(15-19-7-3-2-4-8-19)25-10-6-5-9-22(23)25/h2-14,16-17H,15H2,1H3,(H,28,30)/b29-18-. The fourth-order valence-electron chi connectivity index (χ4n) is 3.72. The van der Waals surface area contributed by atoms with Gasteiger partial charge in [-0.2, -0.15) is 5.10 Å². The number of anilines is 1. The van der Waals surface area contributed by atoms with Gasteiger partial charge in [0.2, 0.25) is 5.13 Å². The van der Waals surface area contributed by atoms with Crippen LogP contribution < -0.4 is 5.43 Å². The van der Waals surface area contributed by atoms with Gasteiger partial charge in [-0.1, -0.05) is 48.5 Å². The molecule has 0 radical (unpaired) electrons. The lowest BCUT2D eigenvalue weighted by atomic mass is 10.1. The fourth-order valence-corrected chi connectivity index (χ4v) is 4.38. The Balaban J connectivity index is 1.40. The summed E-state index contributed by atoms with van der Waals surface area (Å²) >= 11 is 1.47. The number of nitrogens with one attached hydrogen (secondary N) is 1. The highest BCUT2D eigenvalue weighted by molar-refractivity contribution is 7.14. The number of rotatable bonds is 6. The van der Waals surface area contributed by atoms with Gasteiger partial charge in [0.05, 0.1) is 11.4 Å². The molecule has 1 N–H and O–H groups in total. The van der Waals surface area contributed by atoms with Crippen LogP contribution in [0.5, 0.6) is 0 Å². The summed E-state index contributed by atoms with van der Waals surface area (Å²) in [6, 6.07) is 25.1. The number of hydrazone groups is 1. The van der Waals surface area contributed by atoms with Gasteiger partial charge < -0.3 is 4.57 Å². The molecule has 0 fully saturated rings. The zero-order valence-corrected chi connectivity index (χ0v) is 18.3. The first-order valence-corrected chi connectivity index (χ1v) is 11.2. The first-order chi connectivity index (χ1) is 15.7. The summed E-state index contributed by atoms with van der Waals surface area (Å²) in [7, 11) is 0. The van der Waals surface area contributed by atoms with Crippen LogP contribution in [0.25, 0.3) is 22.2 Å². The minimum Gasteiger partial charge on any atom is -0.342 e. The van der Waals surface area contributed by atoms with Crippen LogP contribution in [0.3, 0.4) is 0 Å². The molecule has 5 aromatic rings. The predicted molar refractivity (Wildman–Crippen MR) is 131 cm³/mol. The van der Waals surface area contributed by atoms with Crippen molar-refractivity contribution in [3.05, 3.63) is 107 Å². The van der Waals surface area contributed by atoms with Crippen LogP contribution >= 0.6 is 11.3 Å². The summed E-state index contributed by atoms with van der Waals surface area (Å²) in [6.07, 6.45) is 2.16. The Hall–Kier alpha value is -3.77. The third-order valence-electron chi connectivity index (χ3n) is 5.34. The summed E-state index contributed by atoms with van der Waals surface area (Å²) in [5.41, 5.74) is 9.14. The number of hydrogen-bond donors (Lipinski definition) is 1. The monoisotopic (exact) mass is 440 g/mol. The van der Waals surface area contributed by atoms with E-state index in [9.17, 15) is 4.39 Å². The van der Waals surface area contributed by atoms with Gasteiger partial charge >= 0.3 is 0 Å². The van der Waals surface area contributed by atoms with Crippen molar-refractivity contribution in [2.45, 2.75) is 13.5 Å². The van der Waals surface area contributed by atoms with E-state index in [2.05, 4.69) is 74.8 Å². The van der Waals surface area contributed by atoms with E-state index in [1.807, 2.05) is 18.4 Å². The molecule has 0 saturated carbocycles. The van der Waals surface area contributed by atoms with Crippen LogP contribution in [-0.4, -0.2) is 15.3 Å². The zero-order valence-electron chi connectivity index (χ0n) is 17.5. The topological polar surface area (TPSA) is 42.2 Å². The molecular formula is C26H21FN4S. The van der Waals surface area contributed by atoms with Crippen LogP contribution in [0.4, 0.5) is 9.52 Å². The molecule has 0 aliphatic rings. The van der Waals surface area contributed by atoms with E-state index in [0.29, 0.717) is 5.13 Å². The van der Waals surface area contributed by atoms with Crippen LogP contribution in [0.1, 0.15) is 18.1 Å². The summed E-state index contributed by atoms with van der Waals surface area (Å²) < 4.78 is 15.4. The van der Waals surface area contributed by atoms with Crippen molar-refractivity contribution >= 4 is 33.1 Å². The van der Waals surface area contributed by atoms with Crippen LogP contribution in [-0.2, 0) is 6.54 Å². The maximum Gasteiger partial charge on any atom is 0.203 e. The molecule has 158 valence electrons. The average Bonchev–Trinajstić information content (AvgIpc) is 3.44. The van der Waals surface area contributed by atoms with E-state index < -0.39 is 0 Å². The quantitative estimate of drug-likeness (QED) is 0.233. The van der Waals surface area contributed by atoms with Gasteiger partial charge in [-0.05, 0) is 42.8 Å². The van der Waals surface area contributed by atoms with E-state index in [1.54, 1.807) is 12.1 Å². The van der Waals surface area contributed by atoms with Crippen molar-refractivity contribution in [1.29, 1.82) is 0 Å². The fraction of sp³-hybridized carbons (Fsp3) is 0.0769. The number of aromatic nitrogens is 2. The number of thiazole rings is 1. The average molecular weight is 441 g/mol. The van der Waals surface area contributed by atoms with Crippen molar-refractivity contribution < 1.29 is 4.39 Å². The van der Waals surface area contributed by atoms with Crippen molar-refractivity contribution in [2.75, 3.05) is 5.43 Å². The van der Waals surface area contributed by atoms with Crippen LogP contribution in [0, 0.1) is 5.82 Å². The molecular weight excluding hydrogens is 419 g/mol. The summed E-state index contributed by atoms with van der Waals surface area (Å²) in [5, 5.41) is 8.39. The van der Waals surface area contributed by atoms with Gasteiger partial charge in [0.1, 0.15) is 5.82 Å². The molecule has 0 atom stereocenters. The Bertz CT molecular complexity index is 1380. The third kappa shape index (κ3) is 4.18. The van der Waals surface area contributed by atoms with Gasteiger partial charge in [0.15, 0.2) is 0 Å². The largest absolute Gasteiger partial charge is 0.342 e. The Morgan fingerprint density at radius 1 is 1.00 bits per heavy atom. The Kier molecular flexibility index (Phi) is 5.52. The van der Waals surface area contributed by atoms with E-state index in [1.165, 1.54) is 34.5 Å². The van der Waals surface area contributed by atoms with Gasteiger partial charge in [-0.15, -0.1) is 11.3 Å². The molecule has 0 amide bonds. The van der Waals surface area contributed by atoms with Crippen molar-refractivity contribution in [3.63, 3.8) is 0 Å². The summed E-state index contributed by atoms with van der Waals surface area (Å²) in [5.74, 6) is -0.256. The van der Waals surface area contributed by atoms with Gasteiger partial charge in [-0.25, -0.2) is 9.37 Å². The molecule has 0 spiro atoms. The van der Waals surface area contributed by atoms with Crippen molar-refractivity contribution in [2.24, 2.45) is 5.10 Å². The third-order valence-corrected chi connectivity index (χ3v) is 6.08. The Morgan fingerprint density at radius 3 is 2.56 bits per heavy atom. The van der Waals surface area contributed by atoms with Crippen LogP contribution in [0.15, 0.2) is 95.5 Å². The number of halogens is 1. The molecule has 6 heteroatoms. The lowest BCUT2D eigenvalue weighted by Crippen LogP contribution is -2.00. The SMILES string of the molecule is C/C(=N/Nc1nc(-c2ccc(F)cc2)cs1)c1cn(Cc2ccccc2)c2ccccc12. The number of hydrogen-bond acceptors (Lipinski definition) is 4. The molecule has 32 heavy (non-hydrogen) atoms. The maximum absolute atomic E-state index is 13.2. The van der Waals surface area contributed by atoms with Gasteiger partial charge in [0, 0.05) is 40.2 Å². The molecule has 0 aliphatic heterocycles. The maximum atomic E-state index is 13.2. The van der Waals surface area contributed by atoms with E-state index >= 15 is 0 Å². The highest BCUT2D eigenvalue weighted by atomic mass is 32.1. The second-order valence-electron chi connectivity index (χ2n) is 7.53. The number of nitrogens with zero attached hydrogens (tertiary/aromatic N) is 3. The molecule has 3 aromatic carbocycles. The summed E-state index contributed by atoms with van der Waals surface area (Å²) in [6.45, 7) is 2.80. The molecule has 0 unspecified atom stereocenters. The first kappa shape index (κ1) is 20.2. The number of para-hydroxylation sites is 1. The summed E-state index contributed by atoms with van der Waals surface area (Å²) in [4.78, 5) is 4.57. The Morgan fingerprint density at radius 2 is 1.75 bits per heavy atom. The highest BCUT2D eigenvalue weighted by Gasteiger charge is 2.11. The lowest BCUT2D eigenvalue weighted by Gasteiger charge is -2.05. The molecule has 4 nitrogen and oxygen atoms in total. The van der Waals surface area contributed by atoms with Crippen LogP contribution in [0.2, 0.25) is 0 Å². The molecule has 0 bridgehead atoms.